The van der Waals surface area contributed by atoms with Gasteiger partial charge in [-0.3, -0.25) is 0 Å². The van der Waals surface area contributed by atoms with Gasteiger partial charge in [0.25, 0.3) is 0 Å². The number of furan rings is 1. The minimum Gasteiger partial charge on any atom is -0.441 e. The van der Waals surface area contributed by atoms with E-state index in [-0.39, 0.29) is 0 Å². The number of hydrogen-bond acceptors (Lipinski definition) is 3. The maximum atomic E-state index is 5.97. The molecule has 1 aromatic carbocycles. The van der Waals surface area contributed by atoms with Gasteiger partial charge in [-0.05, 0) is 25.1 Å². The maximum Gasteiger partial charge on any atom is 0.196 e. The Labute approximate surface area is 105 Å². The highest BCUT2D eigenvalue weighted by atomic mass is 35.5. The van der Waals surface area contributed by atoms with E-state index in [9.17, 15) is 0 Å². The van der Waals surface area contributed by atoms with Crippen LogP contribution in [0, 0.1) is 0 Å². The molecule has 1 aliphatic heterocycles. The summed E-state index contributed by atoms with van der Waals surface area (Å²) in [7, 11) is 0. The SMILES string of the molecule is CC1CN(c2cc3cc(Cl)ccc3o2)CCN1. The fourth-order valence-electron chi connectivity index (χ4n) is 2.29. The van der Waals surface area contributed by atoms with Crippen LogP contribution in [0.25, 0.3) is 11.0 Å². The minimum absolute atomic E-state index is 0.501. The van der Waals surface area contributed by atoms with Crippen molar-refractivity contribution >= 4 is 28.5 Å². The third-order valence-corrected chi connectivity index (χ3v) is 3.38. The summed E-state index contributed by atoms with van der Waals surface area (Å²) in [4.78, 5) is 2.27. The van der Waals surface area contributed by atoms with E-state index in [1.807, 2.05) is 18.2 Å². The second-order valence-electron chi connectivity index (χ2n) is 4.57. The third-order valence-electron chi connectivity index (χ3n) is 3.15. The van der Waals surface area contributed by atoms with Crippen molar-refractivity contribution in [2.24, 2.45) is 0 Å². The van der Waals surface area contributed by atoms with Crippen molar-refractivity contribution in [3.63, 3.8) is 0 Å². The summed E-state index contributed by atoms with van der Waals surface area (Å²) in [5.41, 5.74) is 0.899. The molecule has 0 amide bonds. The monoisotopic (exact) mass is 250 g/mol. The molecule has 4 heteroatoms. The summed E-state index contributed by atoms with van der Waals surface area (Å²) < 4.78 is 5.85. The van der Waals surface area contributed by atoms with Crippen molar-refractivity contribution in [2.75, 3.05) is 24.5 Å². The first kappa shape index (κ1) is 10.9. The topological polar surface area (TPSA) is 28.4 Å². The summed E-state index contributed by atoms with van der Waals surface area (Å²) in [6.45, 7) is 5.15. The van der Waals surface area contributed by atoms with Crippen LogP contribution in [-0.4, -0.2) is 25.7 Å². The van der Waals surface area contributed by atoms with Crippen LogP contribution >= 0.6 is 11.6 Å². The van der Waals surface area contributed by atoms with Crippen molar-refractivity contribution in [1.82, 2.24) is 5.32 Å². The van der Waals surface area contributed by atoms with E-state index in [1.165, 1.54) is 0 Å². The Morgan fingerprint density at radius 1 is 1.41 bits per heavy atom. The van der Waals surface area contributed by atoms with Gasteiger partial charge >= 0.3 is 0 Å². The van der Waals surface area contributed by atoms with E-state index < -0.39 is 0 Å². The lowest BCUT2D eigenvalue weighted by atomic mass is 10.2. The van der Waals surface area contributed by atoms with Gasteiger partial charge in [-0.15, -0.1) is 0 Å². The zero-order valence-corrected chi connectivity index (χ0v) is 10.5. The first-order valence-electron chi connectivity index (χ1n) is 5.90. The summed E-state index contributed by atoms with van der Waals surface area (Å²) in [5.74, 6) is 0.940. The van der Waals surface area contributed by atoms with Gasteiger partial charge in [0.1, 0.15) is 5.58 Å². The minimum atomic E-state index is 0.501. The molecule has 0 aliphatic carbocycles. The van der Waals surface area contributed by atoms with Crippen LogP contribution in [0.4, 0.5) is 5.88 Å². The molecule has 3 rings (SSSR count). The largest absolute Gasteiger partial charge is 0.441 e. The molecule has 90 valence electrons. The Bertz CT molecular complexity index is 537. The van der Waals surface area contributed by atoms with Crippen molar-refractivity contribution in [2.45, 2.75) is 13.0 Å². The predicted octanol–water partition coefficient (Wildman–Crippen LogP) is 2.88. The van der Waals surface area contributed by atoms with Gasteiger partial charge in [-0.1, -0.05) is 11.6 Å². The molecular weight excluding hydrogens is 236 g/mol. The quantitative estimate of drug-likeness (QED) is 0.844. The Hall–Kier alpha value is -1.19. The highest BCUT2D eigenvalue weighted by molar-refractivity contribution is 6.31. The van der Waals surface area contributed by atoms with Crippen molar-refractivity contribution in [3.8, 4) is 0 Å². The zero-order chi connectivity index (χ0) is 11.8. The summed E-state index contributed by atoms with van der Waals surface area (Å²) in [6.07, 6.45) is 0. The molecular formula is C13H15ClN2O. The molecule has 0 spiro atoms. The van der Waals surface area contributed by atoms with Gasteiger partial charge in [0.2, 0.25) is 0 Å². The number of fused-ring (bicyclic) bond motifs is 1. The van der Waals surface area contributed by atoms with Crippen LogP contribution in [0.5, 0.6) is 0 Å². The highest BCUT2D eigenvalue weighted by Crippen LogP contribution is 2.28. The Kier molecular flexibility index (Phi) is 2.73. The molecule has 1 fully saturated rings. The predicted molar refractivity (Wildman–Crippen MR) is 70.9 cm³/mol. The molecule has 0 saturated carbocycles. The highest BCUT2D eigenvalue weighted by Gasteiger charge is 2.18. The van der Waals surface area contributed by atoms with Crippen LogP contribution in [0.1, 0.15) is 6.92 Å². The number of hydrogen-bond donors (Lipinski definition) is 1. The van der Waals surface area contributed by atoms with E-state index in [0.717, 1.165) is 41.5 Å². The molecule has 0 bridgehead atoms. The Morgan fingerprint density at radius 2 is 2.29 bits per heavy atom. The van der Waals surface area contributed by atoms with E-state index in [1.54, 1.807) is 0 Å². The number of anilines is 1. The lowest BCUT2D eigenvalue weighted by molar-refractivity contribution is 0.458. The number of nitrogens with one attached hydrogen (secondary N) is 1. The van der Waals surface area contributed by atoms with Crippen molar-refractivity contribution in [3.05, 3.63) is 29.3 Å². The lowest BCUT2D eigenvalue weighted by Crippen LogP contribution is -2.49. The van der Waals surface area contributed by atoms with Crippen LogP contribution in [-0.2, 0) is 0 Å². The summed E-state index contributed by atoms with van der Waals surface area (Å²) in [6, 6.07) is 8.29. The van der Waals surface area contributed by atoms with Crippen molar-refractivity contribution < 1.29 is 4.42 Å². The number of benzene rings is 1. The first-order valence-corrected chi connectivity index (χ1v) is 6.27. The number of piperazine rings is 1. The van der Waals surface area contributed by atoms with E-state index in [4.69, 9.17) is 16.0 Å². The molecule has 2 heterocycles. The second kappa shape index (κ2) is 4.24. The third kappa shape index (κ3) is 2.13. The molecule has 0 radical (unpaired) electrons. The molecule has 2 aromatic rings. The fourth-order valence-corrected chi connectivity index (χ4v) is 2.47. The van der Waals surface area contributed by atoms with E-state index in [2.05, 4.69) is 23.2 Å². The first-order chi connectivity index (χ1) is 8.22. The standard InChI is InChI=1S/C13H15ClN2O/c1-9-8-16(5-4-15-9)13-7-10-6-11(14)2-3-12(10)17-13/h2-3,6-7,9,15H,4-5,8H2,1H3. The van der Waals surface area contributed by atoms with Gasteiger partial charge in [0, 0.05) is 42.2 Å². The van der Waals surface area contributed by atoms with E-state index in [0.29, 0.717) is 6.04 Å². The molecule has 1 N–H and O–H groups in total. The van der Waals surface area contributed by atoms with Crippen LogP contribution < -0.4 is 10.2 Å². The molecule has 1 aromatic heterocycles. The number of halogens is 1. The van der Waals surface area contributed by atoms with Gasteiger partial charge in [-0.2, -0.15) is 0 Å². The Morgan fingerprint density at radius 3 is 3.12 bits per heavy atom. The van der Waals surface area contributed by atoms with E-state index >= 15 is 0 Å². The Balaban J connectivity index is 1.94. The maximum absolute atomic E-state index is 5.97. The molecule has 1 saturated heterocycles. The lowest BCUT2D eigenvalue weighted by Gasteiger charge is -2.31. The second-order valence-corrected chi connectivity index (χ2v) is 5.00. The number of rotatable bonds is 1. The van der Waals surface area contributed by atoms with Gasteiger partial charge in [-0.25, -0.2) is 0 Å². The molecule has 1 unspecified atom stereocenters. The van der Waals surface area contributed by atoms with Crippen LogP contribution in [0.2, 0.25) is 5.02 Å². The smallest absolute Gasteiger partial charge is 0.196 e. The van der Waals surface area contributed by atoms with Gasteiger partial charge in [0.05, 0.1) is 0 Å². The van der Waals surface area contributed by atoms with Crippen LogP contribution in [0.15, 0.2) is 28.7 Å². The average molecular weight is 251 g/mol. The summed E-state index contributed by atoms with van der Waals surface area (Å²) >= 11 is 5.97. The average Bonchev–Trinajstić information content (AvgIpc) is 2.72. The zero-order valence-electron chi connectivity index (χ0n) is 9.74. The van der Waals surface area contributed by atoms with Crippen LogP contribution in [0.3, 0.4) is 0 Å². The normalized spacial score (nSPS) is 21.1. The van der Waals surface area contributed by atoms with Gasteiger partial charge in [0.15, 0.2) is 5.88 Å². The molecule has 3 nitrogen and oxygen atoms in total. The fraction of sp³-hybridized carbons (Fsp3) is 0.385. The van der Waals surface area contributed by atoms with Crippen molar-refractivity contribution in [1.29, 1.82) is 0 Å². The molecule has 1 atom stereocenters. The number of nitrogens with zero attached hydrogens (tertiary/aromatic N) is 1. The van der Waals surface area contributed by atoms with Gasteiger partial charge < -0.3 is 14.6 Å². The molecule has 17 heavy (non-hydrogen) atoms. The summed E-state index contributed by atoms with van der Waals surface area (Å²) in [5, 5.41) is 5.24. The molecule has 1 aliphatic rings.